The van der Waals surface area contributed by atoms with Gasteiger partial charge < -0.3 is 10.1 Å². The van der Waals surface area contributed by atoms with Crippen LogP contribution in [0.2, 0.25) is 0 Å². The molecule has 1 aliphatic rings. The van der Waals surface area contributed by atoms with Gasteiger partial charge in [-0.05, 0) is 77.6 Å². The largest absolute Gasteiger partial charge is 0.496 e. The SMILES string of the molecule is COc1ccc(/C=C(\C#N)C(=O)Nc2sc3c(c2C#N)CCCC3)cc1I. The minimum Gasteiger partial charge on any atom is -0.496 e. The summed E-state index contributed by atoms with van der Waals surface area (Å²) in [6.45, 7) is 0. The van der Waals surface area contributed by atoms with E-state index in [0.717, 1.165) is 46.1 Å². The molecule has 0 aliphatic heterocycles. The number of anilines is 1. The smallest absolute Gasteiger partial charge is 0.266 e. The van der Waals surface area contributed by atoms with Gasteiger partial charge in [-0.15, -0.1) is 11.3 Å². The monoisotopic (exact) mass is 489 g/mol. The summed E-state index contributed by atoms with van der Waals surface area (Å²) in [5, 5.41) is 22.2. The van der Waals surface area contributed by atoms with Gasteiger partial charge in [-0.25, -0.2) is 0 Å². The lowest BCUT2D eigenvalue weighted by Crippen LogP contribution is -2.13. The molecule has 1 aliphatic carbocycles. The number of carbonyl (C=O) groups is 1. The second kappa shape index (κ2) is 8.55. The number of methoxy groups -OCH3 is 1. The highest BCUT2D eigenvalue weighted by atomic mass is 127. The summed E-state index contributed by atoms with van der Waals surface area (Å²) in [4.78, 5) is 13.8. The summed E-state index contributed by atoms with van der Waals surface area (Å²) in [5.74, 6) is 0.233. The molecule has 1 N–H and O–H groups in total. The number of nitrogens with one attached hydrogen (secondary N) is 1. The van der Waals surface area contributed by atoms with Crippen LogP contribution in [-0.4, -0.2) is 13.0 Å². The molecule has 136 valence electrons. The van der Waals surface area contributed by atoms with Crippen LogP contribution in [0.5, 0.6) is 5.75 Å². The Morgan fingerprint density at radius 3 is 2.78 bits per heavy atom. The van der Waals surface area contributed by atoms with E-state index < -0.39 is 5.91 Å². The molecule has 0 spiro atoms. The number of halogens is 1. The predicted molar refractivity (Wildman–Crippen MR) is 114 cm³/mol. The lowest BCUT2D eigenvalue weighted by Gasteiger charge is -2.09. The van der Waals surface area contributed by atoms with Crippen molar-refractivity contribution in [1.82, 2.24) is 0 Å². The van der Waals surface area contributed by atoms with Gasteiger partial charge in [-0.2, -0.15) is 10.5 Å². The Morgan fingerprint density at radius 1 is 1.33 bits per heavy atom. The number of rotatable bonds is 4. The van der Waals surface area contributed by atoms with Crippen molar-refractivity contribution in [2.75, 3.05) is 12.4 Å². The van der Waals surface area contributed by atoms with Crippen molar-refractivity contribution in [2.24, 2.45) is 0 Å². The normalized spacial score (nSPS) is 13.3. The minimum absolute atomic E-state index is 0.00812. The first-order chi connectivity index (χ1) is 13.1. The van der Waals surface area contributed by atoms with Crippen LogP contribution in [0.4, 0.5) is 5.00 Å². The third-order valence-electron chi connectivity index (χ3n) is 4.36. The molecule has 0 fully saturated rings. The summed E-state index contributed by atoms with van der Waals surface area (Å²) >= 11 is 3.59. The van der Waals surface area contributed by atoms with Crippen LogP contribution in [0.15, 0.2) is 23.8 Å². The molecule has 7 heteroatoms. The maximum Gasteiger partial charge on any atom is 0.266 e. The maximum absolute atomic E-state index is 12.6. The Hall–Kier alpha value is -2.36. The van der Waals surface area contributed by atoms with Gasteiger partial charge in [0.2, 0.25) is 0 Å². The zero-order valence-corrected chi connectivity index (χ0v) is 17.6. The van der Waals surface area contributed by atoms with Crippen LogP contribution in [0, 0.1) is 26.2 Å². The highest BCUT2D eigenvalue weighted by Gasteiger charge is 2.22. The number of carbonyl (C=O) groups excluding carboxylic acids is 1. The average Bonchev–Trinajstić information content (AvgIpc) is 3.02. The fourth-order valence-electron chi connectivity index (χ4n) is 3.03. The topological polar surface area (TPSA) is 85.9 Å². The number of benzene rings is 1. The fraction of sp³-hybridized carbons (Fsp3) is 0.250. The van der Waals surface area contributed by atoms with Crippen molar-refractivity contribution in [3.05, 3.63) is 48.9 Å². The van der Waals surface area contributed by atoms with Crippen LogP contribution >= 0.6 is 33.9 Å². The van der Waals surface area contributed by atoms with Gasteiger partial charge in [-0.3, -0.25) is 4.79 Å². The number of nitriles is 2. The summed E-state index contributed by atoms with van der Waals surface area (Å²) in [6.07, 6.45) is 5.51. The van der Waals surface area contributed by atoms with Crippen LogP contribution in [-0.2, 0) is 17.6 Å². The molecule has 1 heterocycles. The molecule has 1 aromatic heterocycles. The Labute approximate surface area is 175 Å². The first-order valence-electron chi connectivity index (χ1n) is 8.38. The second-order valence-corrected chi connectivity index (χ2v) is 8.31. The van der Waals surface area contributed by atoms with Gasteiger partial charge in [0.05, 0.1) is 16.2 Å². The highest BCUT2D eigenvalue weighted by Crippen LogP contribution is 2.37. The molecule has 0 unspecified atom stereocenters. The summed E-state index contributed by atoms with van der Waals surface area (Å²) in [5.41, 5.74) is 2.32. The van der Waals surface area contributed by atoms with Gasteiger partial charge in [0.15, 0.2) is 0 Å². The van der Waals surface area contributed by atoms with Crippen LogP contribution in [0.25, 0.3) is 6.08 Å². The Morgan fingerprint density at radius 2 is 2.11 bits per heavy atom. The van der Waals surface area contributed by atoms with E-state index in [1.165, 1.54) is 22.3 Å². The van der Waals surface area contributed by atoms with E-state index in [-0.39, 0.29) is 5.57 Å². The van der Waals surface area contributed by atoms with Crippen LogP contribution in [0.1, 0.15) is 34.4 Å². The molecule has 0 saturated carbocycles. The highest BCUT2D eigenvalue weighted by molar-refractivity contribution is 14.1. The molecule has 2 aromatic rings. The summed E-state index contributed by atoms with van der Waals surface area (Å²) < 4.78 is 6.11. The first kappa shape index (κ1) is 19.4. The van der Waals surface area contributed by atoms with Gasteiger partial charge in [0, 0.05) is 4.88 Å². The van der Waals surface area contributed by atoms with E-state index in [1.807, 2.05) is 12.1 Å². The van der Waals surface area contributed by atoms with Crippen molar-refractivity contribution < 1.29 is 9.53 Å². The number of amides is 1. The quantitative estimate of drug-likeness (QED) is 0.385. The number of aryl methyl sites for hydroxylation is 1. The van der Waals surface area contributed by atoms with Crippen molar-refractivity contribution in [3.8, 4) is 17.9 Å². The molecule has 3 rings (SSSR count). The molecule has 0 atom stereocenters. The summed E-state index contributed by atoms with van der Waals surface area (Å²) in [6, 6.07) is 9.59. The van der Waals surface area contributed by atoms with Crippen LogP contribution in [0.3, 0.4) is 0 Å². The fourth-order valence-corrected chi connectivity index (χ4v) is 5.02. The predicted octanol–water partition coefficient (Wildman–Crippen LogP) is 4.66. The molecular formula is C20H16IN3O2S. The number of fused-ring (bicyclic) bond motifs is 1. The van der Waals surface area contributed by atoms with E-state index in [0.29, 0.717) is 10.6 Å². The van der Waals surface area contributed by atoms with E-state index in [2.05, 4.69) is 34.0 Å². The molecule has 1 aromatic carbocycles. The number of nitrogens with zero attached hydrogens (tertiary/aromatic N) is 2. The van der Waals surface area contributed by atoms with E-state index >= 15 is 0 Å². The van der Waals surface area contributed by atoms with Gasteiger partial charge in [0.1, 0.15) is 28.5 Å². The third kappa shape index (κ3) is 4.15. The number of hydrogen-bond donors (Lipinski definition) is 1. The number of hydrogen-bond acceptors (Lipinski definition) is 5. The number of thiophene rings is 1. The van der Waals surface area contributed by atoms with Gasteiger partial charge in [-0.1, -0.05) is 6.07 Å². The zero-order valence-electron chi connectivity index (χ0n) is 14.6. The molecule has 0 radical (unpaired) electrons. The molecule has 1 amide bonds. The maximum atomic E-state index is 12.6. The lowest BCUT2D eigenvalue weighted by atomic mass is 9.96. The Kier molecular flexibility index (Phi) is 6.15. The molecule has 5 nitrogen and oxygen atoms in total. The standard InChI is InChI=1S/C20H16IN3O2S/c1-26-17-7-6-12(9-16(17)21)8-13(10-22)19(25)24-20-15(11-23)14-4-2-3-5-18(14)27-20/h6-9H,2-5H2,1H3,(H,24,25)/b13-8+. The van der Waals surface area contributed by atoms with Crippen molar-refractivity contribution in [3.63, 3.8) is 0 Å². The molecular weight excluding hydrogens is 473 g/mol. The lowest BCUT2D eigenvalue weighted by molar-refractivity contribution is -0.112. The van der Waals surface area contributed by atoms with Crippen molar-refractivity contribution in [1.29, 1.82) is 10.5 Å². The van der Waals surface area contributed by atoms with Gasteiger partial charge >= 0.3 is 0 Å². The zero-order chi connectivity index (χ0) is 19.4. The Balaban J connectivity index is 1.86. The Bertz CT molecular complexity index is 1010. The first-order valence-corrected chi connectivity index (χ1v) is 10.3. The van der Waals surface area contributed by atoms with E-state index in [1.54, 1.807) is 19.2 Å². The minimum atomic E-state index is -0.501. The van der Waals surface area contributed by atoms with Crippen LogP contribution < -0.4 is 10.1 Å². The molecule has 0 saturated heterocycles. The molecule has 27 heavy (non-hydrogen) atoms. The molecule has 0 bridgehead atoms. The van der Waals surface area contributed by atoms with E-state index in [4.69, 9.17) is 4.74 Å². The number of ether oxygens (including phenoxy) is 1. The third-order valence-corrected chi connectivity index (χ3v) is 6.41. The van der Waals surface area contributed by atoms with E-state index in [9.17, 15) is 15.3 Å². The van der Waals surface area contributed by atoms with Crippen molar-refractivity contribution >= 4 is 50.9 Å². The summed E-state index contributed by atoms with van der Waals surface area (Å²) in [7, 11) is 1.59. The average molecular weight is 489 g/mol. The second-order valence-electron chi connectivity index (χ2n) is 6.04. The van der Waals surface area contributed by atoms with Crippen molar-refractivity contribution in [2.45, 2.75) is 25.7 Å². The van der Waals surface area contributed by atoms with Gasteiger partial charge in [0.25, 0.3) is 5.91 Å².